The molecule has 0 unspecified atom stereocenters. The van der Waals surface area contributed by atoms with Crippen molar-refractivity contribution in [3.8, 4) is 22.3 Å². The molecule has 0 aromatic heterocycles. The molecular weight excluding hydrogens is 1130 g/mol. The van der Waals surface area contributed by atoms with E-state index < -0.39 is 0 Å². The van der Waals surface area contributed by atoms with Crippen molar-refractivity contribution in [1.29, 1.82) is 0 Å². The molecule has 0 bridgehead atoms. The van der Waals surface area contributed by atoms with Gasteiger partial charge in [-0.05, 0) is 34.8 Å². The van der Waals surface area contributed by atoms with E-state index in [1.165, 1.54) is 118 Å². The number of benzene rings is 4. The fourth-order valence-corrected chi connectivity index (χ4v) is 17.3. The average molecular weight is 1220 g/mol. The van der Waals surface area contributed by atoms with Crippen LogP contribution in [-0.2, 0) is 81.2 Å². The Labute approximate surface area is 499 Å². The Balaban J connectivity index is 0.000000479. The molecule has 0 radical (unpaired) electrons. The quantitative estimate of drug-likeness (QED) is 0.0846. The zero-order valence-corrected chi connectivity index (χ0v) is 57.7. The van der Waals surface area contributed by atoms with Crippen LogP contribution in [0.2, 0.25) is 24.2 Å². The Morgan fingerprint density at radius 1 is 0.432 bits per heavy atom. The maximum absolute atomic E-state index is 3.53. The summed E-state index contributed by atoms with van der Waals surface area (Å²) in [6.07, 6.45) is 33.6. The van der Waals surface area contributed by atoms with Crippen molar-refractivity contribution < 1.29 is 71.5 Å². The van der Waals surface area contributed by atoms with Crippen molar-refractivity contribution >= 4 is 10.9 Å². The van der Waals surface area contributed by atoms with Crippen LogP contribution < -0.4 is 24.8 Å². The number of halogens is 2. The van der Waals surface area contributed by atoms with E-state index in [-0.39, 0.29) is 57.3 Å². The molecule has 0 heterocycles. The van der Waals surface area contributed by atoms with Crippen LogP contribution in [0.5, 0.6) is 0 Å². The summed E-state index contributed by atoms with van der Waals surface area (Å²) in [7, 11) is 0. The minimum Gasteiger partial charge on any atom is -1.00 e. The summed E-state index contributed by atoms with van der Waals surface area (Å²) in [5.74, 6) is 0. The largest absolute Gasteiger partial charge is 1.00 e. The zero-order valence-electron chi connectivity index (χ0n) is 49.3. The number of fused-ring (bicyclic) bond motifs is 6. The van der Waals surface area contributed by atoms with Gasteiger partial charge in [-0.15, -0.1) is 24.0 Å². The van der Waals surface area contributed by atoms with Crippen LogP contribution in [0.1, 0.15) is 219 Å². The molecule has 0 fully saturated rings. The number of unbranched alkanes of at least 4 members (excludes halogenated alkanes) is 4. The van der Waals surface area contributed by atoms with Gasteiger partial charge in [0.2, 0.25) is 0 Å². The molecule has 6 heteroatoms. The molecule has 0 nitrogen and oxygen atoms in total. The Bertz CT molecular complexity index is 2110. The van der Waals surface area contributed by atoms with Crippen LogP contribution in [0.4, 0.5) is 0 Å². The predicted molar refractivity (Wildman–Crippen MR) is 315 cm³/mol. The van der Waals surface area contributed by atoms with Crippen molar-refractivity contribution in [2.75, 3.05) is 0 Å². The fraction of sp³-hybridized carbons (Fsp3) is 0.529. The van der Waals surface area contributed by atoms with Crippen LogP contribution in [0.15, 0.2) is 97.1 Å². The molecule has 0 N–H and O–H groups in total. The van der Waals surface area contributed by atoms with E-state index in [0.717, 1.165) is 25.7 Å². The third kappa shape index (κ3) is 25.2. The first-order valence-electron chi connectivity index (χ1n) is 27.9. The Kier molecular flexibility index (Phi) is 33.7. The van der Waals surface area contributed by atoms with Crippen LogP contribution in [-0.4, -0.2) is 10.9 Å². The number of rotatable bonds is 12. The minimum atomic E-state index is 0. The van der Waals surface area contributed by atoms with E-state index in [0.29, 0.717) is 0 Å². The van der Waals surface area contributed by atoms with Crippen LogP contribution >= 0.6 is 0 Å². The van der Waals surface area contributed by atoms with Crippen LogP contribution in [0, 0.1) is 24.3 Å². The Morgan fingerprint density at radius 3 is 0.959 bits per heavy atom. The van der Waals surface area contributed by atoms with E-state index in [4.69, 9.17) is 0 Å². The maximum atomic E-state index is 3.53. The predicted octanol–water partition coefficient (Wildman–Crippen LogP) is 14.2. The van der Waals surface area contributed by atoms with Crippen molar-refractivity contribution in [2.24, 2.45) is 0 Å². The van der Waals surface area contributed by atoms with Gasteiger partial charge in [0.25, 0.3) is 0 Å². The summed E-state index contributed by atoms with van der Waals surface area (Å²) in [5.41, 5.74) is 17.9. The first-order chi connectivity index (χ1) is 33.9. The SMILES string of the molecule is CC(C)(C)c1c[c-]c2c(c1)-c1cc(C(C)(C)C)ccc1C2.CC(C)(C)c1c[c-]c2c(c1)-c1cc(C(C)(C)C)ccc1C2.CCCC[Si](=[Zr+2])CCCC.CCCC[Si](=[Zr+2])CCCC.[C-]1=CC=CC1.[C-]1=CC=CC1.[Cl-].[Cl-]. The van der Waals surface area contributed by atoms with Crippen molar-refractivity contribution in [2.45, 2.75) is 234 Å². The van der Waals surface area contributed by atoms with E-state index in [9.17, 15) is 0 Å². The van der Waals surface area contributed by atoms with Crippen molar-refractivity contribution in [3.05, 3.63) is 166 Å². The van der Waals surface area contributed by atoms with E-state index in [2.05, 4.69) is 208 Å². The molecule has 4 aromatic carbocycles. The van der Waals surface area contributed by atoms with E-state index in [1.807, 2.05) is 71.0 Å². The average Bonchev–Trinajstić information content (AvgIpc) is 4.19. The van der Waals surface area contributed by atoms with Gasteiger partial charge in [-0.25, -0.2) is 24.3 Å². The standard InChI is InChI=1S/2C21H25.2C8H18Si.2C5H5.2ClH.2Zr/c2*1-20(2,3)16-9-7-14-11-15-8-10-17(21(4,5)6)13-19(15)18(14)12-16;2*1-3-5-7-9-8-6-4-2;2*1-2-4-5-3-1;;;;/h2*7,9-10,12-13H,11H2,1-6H3;2*3-8H2,1-2H3;2*1-3H,4H2;2*1H;;/q2*-1;;;2*-1;;;2*+2/p-2. The molecule has 0 spiro atoms. The molecular formula is C68H96Cl2Si2Zr2-2. The Hall–Kier alpha value is -1.38. The minimum absolute atomic E-state index is 0. The molecule has 0 aliphatic heterocycles. The molecule has 4 aromatic rings. The number of hydrogen-bond acceptors (Lipinski definition) is 0. The van der Waals surface area contributed by atoms with E-state index >= 15 is 0 Å². The van der Waals surface area contributed by atoms with Gasteiger partial charge >= 0.3 is 161 Å². The third-order valence-electron chi connectivity index (χ3n) is 13.6. The van der Waals surface area contributed by atoms with Gasteiger partial charge in [0.15, 0.2) is 0 Å². The molecule has 74 heavy (non-hydrogen) atoms. The van der Waals surface area contributed by atoms with Crippen LogP contribution in [0.25, 0.3) is 22.3 Å². The number of hydrogen-bond donors (Lipinski definition) is 0. The van der Waals surface area contributed by atoms with Gasteiger partial charge in [-0.2, -0.15) is 70.8 Å². The molecule has 400 valence electrons. The topological polar surface area (TPSA) is 0 Å². The number of allylic oxidation sites excluding steroid dienone is 8. The maximum Gasteiger partial charge on any atom is -0.109 e. The molecule has 8 rings (SSSR count). The van der Waals surface area contributed by atoms with Crippen molar-refractivity contribution in [1.82, 2.24) is 0 Å². The summed E-state index contributed by atoms with van der Waals surface area (Å²) in [6.45, 7) is 36.5. The molecule has 0 saturated carbocycles. The molecule has 0 amide bonds. The monoisotopic (exact) mass is 1220 g/mol. The second kappa shape index (κ2) is 35.3. The van der Waals surface area contributed by atoms with Gasteiger partial charge in [-0.3, -0.25) is 12.2 Å². The van der Waals surface area contributed by atoms with Gasteiger partial charge in [0.1, 0.15) is 0 Å². The van der Waals surface area contributed by atoms with Gasteiger partial charge in [0.05, 0.1) is 0 Å². The summed E-state index contributed by atoms with van der Waals surface area (Å²) in [4.78, 5) is 0. The fourth-order valence-electron chi connectivity index (χ4n) is 8.46. The second-order valence-electron chi connectivity index (χ2n) is 24.3. The first-order valence-corrected chi connectivity index (χ1v) is 39.1. The smallest absolute Gasteiger partial charge is 0.109 e. The summed E-state index contributed by atoms with van der Waals surface area (Å²) in [6, 6.07) is 36.5. The van der Waals surface area contributed by atoms with Crippen LogP contribution in [0.3, 0.4) is 0 Å². The van der Waals surface area contributed by atoms with Gasteiger partial charge in [0, 0.05) is 0 Å². The van der Waals surface area contributed by atoms with Gasteiger partial charge in [-0.1, -0.05) is 153 Å². The summed E-state index contributed by atoms with van der Waals surface area (Å²) in [5, 5.41) is 0. The molecule has 4 aliphatic carbocycles. The molecule has 0 saturated heterocycles. The summed E-state index contributed by atoms with van der Waals surface area (Å²) < 4.78 is 0. The van der Waals surface area contributed by atoms with E-state index in [1.54, 1.807) is 24.2 Å². The molecule has 0 atom stereocenters. The van der Waals surface area contributed by atoms with Crippen molar-refractivity contribution in [3.63, 3.8) is 0 Å². The molecule has 4 aliphatic rings. The van der Waals surface area contributed by atoms with Gasteiger partial charge < -0.3 is 24.8 Å². The first kappa shape index (κ1) is 70.6. The Morgan fingerprint density at radius 2 is 0.730 bits per heavy atom. The second-order valence-corrected chi connectivity index (χ2v) is 39.1. The summed E-state index contributed by atoms with van der Waals surface area (Å²) >= 11 is 3.72. The normalized spacial score (nSPS) is 13.0. The third-order valence-corrected chi connectivity index (χ3v) is 24.8. The zero-order chi connectivity index (χ0) is 53.5.